The molecule has 2 nitrogen and oxygen atoms in total. The van der Waals surface area contributed by atoms with E-state index in [-0.39, 0.29) is 6.10 Å². The lowest BCUT2D eigenvalue weighted by Crippen LogP contribution is -2.45. The third kappa shape index (κ3) is 3.93. The first-order valence-electron chi connectivity index (χ1n) is 5.67. The van der Waals surface area contributed by atoms with Gasteiger partial charge in [0.15, 0.2) is 5.79 Å². The van der Waals surface area contributed by atoms with Crippen molar-refractivity contribution in [2.24, 2.45) is 5.92 Å². The Bertz CT molecular complexity index is 271. The second-order valence-electron chi connectivity index (χ2n) is 4.81. The molecule has 1 aliphatic heterocycles. The zero-order valence-corrected chi connectivity index (χ0v) is 11.1. The lowest BCUT2D eigenvalue weighted by molar-refractivity contribution is -0.291. The molecule has 0 bridgehead atoms. The van der Waals surface area contributed by atoms with Gasteiger partial charge in [0, 0.05) is 11.5 Å². The van der Waals surface area contributed by atoms with Crippen LogP contribution < -0.4 is 0 Å². The Hall–Kier alpha value is -0.310. The van der Waals surface area contributed by atoms with Crippen molar-refractivity contribution in [1.29, 1.82) is 0 Å². The summed E-state index contributed by atoms with van der Waals surface area (Å²) < 4.78 is 11.6. The summed E-state index contributed by atoms with van der Waals surface area (Å²) in [5.74, 6) is -0.119. The van der Waals surface area contributed by atoms with Crippen molar-refractivity contribution in [3.63, 3.8) is 0 Å². The van der Waals surface area contributed by atoms with E-state index in [9.17, 15) is 0 Å². The van der Waals surface area contributed by atoms with Crippen molar-refractivity contribution < 1.29 is 9.47 Å². The van der Waals surface area contributed by atoms with Crippen LogP contribution >= 0.6 is 11.6 Å². The molecule has 0 unspecified atom stereocenters. The summed E-state index contributed by atoms with van der Waals surface area (Å²) >= 11 is 5.70. The van der Waals surface area contributed by atoms with Gasteiger partial charge < -0.3 is 9.47 Å². The topological polar surface area (TPSA) is 18.5 Å². The van der Waals surface area contributed by atoms with Crippen LogP contribution in [0.4, 0.5) is 0 Å². The molecule has 0 aromatic carbocycles. The van der Waals surface area contributed by atoms with Crippen LogP contribution in [0.3, 0.4) is 0 Å². The summed E-state index contributed by atoms with van der Waals surface area (Å²) in [5, 5.41) is 0. The highest BCUT2D eigenvalue weighted by Gasteiger charge is 2.35. The third-order valence-electron chi connectivity index (χ3n) is 2.78. The molecule has 16 heavy (non-hydrogen) atoms. The maximum Gasteiger partial charge on any atom is 0.163 e. The molecule has 92 valence electrons. The molecule has 0 radical (unpaired) electrons. The standard InChI is InChI=1S/C13H21ClO2/c1-5-6-11-9-15-13(3,4)16-12(11)7-10(2)8-14/h5,8,11-12H,1,6-7,9H2,2-4H3/t11-,12+/m0/s1. The minimum atomic E-state index is -0.491. The fourth-order valence-corrected chi connectivity index (χ4v) is 2.00. The molecule has 1 fully saturated rings. The predicted octanol–water partition coefficient (Wildman–Crippen LogP) is 3.86. The largest absolute Gasteiger partial charge is 0.350 e. The fraction of sp³-hybridized carbons (Fsp3) is 0.692. The molecule has 0 aromatic rings. The summed E-state index contributed by atoms with van der Waals surface area (Å²) in [5.41, 5.74) is 2.76. The van der Waals surface area contributed by atoms with Crippen molar-refractivity contribution in [3.05, 3.63) is 23.8 Å². The van der Waals surface area contributed by atoms with Gasteiger partial charge in [-0.05, 0) is 33.6 Å². The average Bonchev–Trinajstić information content (AvgIpc) is 2.21. The number of allylic oxidation sites excluding steroid dienone is 1. The normalized spacial score (nSPS) is 30.1. The molecule has 0 amide bonds. The Balaban J connectivity index is 2.67. The van der Waals surface area contributed by atoms with E-state index in [1.807, 2.05) is 26.8 Å². The number of halogens is 1. The molecule has 1 aliphatic rings. The molecule has 0 saturated carbocycles. The molecule has 2 atom stereocenters. The van der Waals surface area contributed by atoms with Crippen molar-refractivity contribution in [2.45, 2.75) is 45.5 Å². The minimum Gasteiger partial charge on any atom is -0.350 e. The molecule has 0 spiro atoms. The second-order valence-corrected chi connectivity index (χ2v) is 5.03. The first-order chi connectivity index (χ1) is 7.48. The van der Waals surface area contributed by atoms with Gasteiger partial charge in [-0.3, -0.25) is 0 Å². The number of hydrogen-bond donors (Lipinski definition) is 0. The molecule has 1 rings (SSSR count). The van der Waals surface area contributed by atoms with Crippen LogP contribution in [0, 0.1) is 5.92 Å². The van der Waals surface area contributed by atoms with Crippen LogP contribution in [0.1, 0.15) is 33.6 Å². The van der Waals surface area contributed by atoms with Gasteiger partial charge in [-0.1, -0.05) is 23.3 Å². The van der Waals surface area contributed by atoms with E-state index >= 15 is 0 Å². The van der Waals surface area contributed by atoms with E-state index in [1.54, 1.807) is 5.54 Å². The Labute approximate surface area is 103 Å². The summed E-state index contributed by atoms with van der Waals surface area (Å²) in [6.45, 7) is 10.4. The predicted molar refractivity (Wildman–Crippen MR) is 67.4 cm³/mol. The molecule has 1 saturated heterocycles. The van der Waals surface area contributed by atoms with Crippen LogP contribution in [0.15, 0.2) is 23.8 Å². The lowest BCUT2D eigenvalue weighted by Gasteiger charge is -2.41. The Morgan fingerprint density at radius 2 is 2.25 bits per heavy atom. The van der Waals surface area contributed by atoms with Crippen molar-refractivity contribution in [1.82, 2.24) is 0 Å². The summed E-state index contributed by atoms with van der Waals surface area (Å²) in [4.78, 5) is 0. The van der Waals surface area contributed by atoms with E-state index < -0.39 is 5.79 Å². The highest BCUT2D eigenvalue weighted by molar-refractivity contribution is 6.25. The van der Waals surface area contributed by atoms with Gasteiger partial charge in [0.1, 0.15) is 0 Å². The number of hydrogen-bond acceptors (Lipinski definition) is 2. The van der Waals surface area contributed by atoms with Crippen molar-refractivity contribution in [2.75, 3.05) is 6.61 Å². The highest BCUT2D eigenvalue weighted by Crippen LogP contribution is 2.31. The van der Waals surface area contributed by atoms with Gasteiger partial charge in [0.2, 0.25) is 0 Å². The van der Waals surface area contributed by atoms with E-state index in [0.717, 1.165) is 25.0 Å². The van der Waals surface area contributed by atoms with Gasteiger partial charge in [-0.15, -0.1) is 6.58 Å². The number of rotatable bonds is 4. The SMILES string of the molecule is C=CC[C@H]1COC(C)(C)O[C@@H]1CC(C)=CCl. The first kappa shape index (κ1) is 13.8. The lowest BCUT2D eigenvalue weighted by atomic mass is 9.93. The second kappa shape index (κ2) is 5.85. The molecule has 1 heterocycles. The quantitative estimate of drug-likeness (QED) is 0.699. The van der Waals surface area contributed by atoms with Crippen LogP contribution in [0.25, 0.3) is 0 Å². The van der Waals surface area contributed by atoms with Crippen molar-refractivity contribution >= 4 is 11.6 Å². The van der Waals surface area contributed by atoms with Gasteiger partial charge >= 0.3 is 0 Å². The number of ether oxygens (including phenoxy) is 2. The summed E-state index contributed by atoms with van der Waals surface area (Å²) in [6, 6.07) is 0. The molecule has 0 aliphatic carbocycles. The maximum absolute atomic E-state index is 5.94. The molecular weight excluding hydrogens is 224 g/mol. The minimum absolute atomic E-state index is 0.164. The van der Waals surface area contributed by atoms with Crippen molar-refractivity contribution in [3.8, 4) is 0 Å². The zero-order valence-electron chi connectivity index (χ0n) is 10.3. The van der Waals surface area contributed by atoms with E-state index in [1.165, 1.54) is 0 Å². The smallest absolute Gasteiger partial charge is 0.163 e. The van der Waals surface area contributed by atoms with E-state index in [2.05, 4.69) is 6.58 Å². The first-order valence-corrected chi connectivity index (χ1v) is 6.10. The zero-order chi connectivity index (χ0) is 12.2. The average molecular weight is 245 g/mol. The summed E-state index contributed by atoms with van der Waals surface area (Å²) in [6.07, 6.45) is 3.85. The molecular formula is C13H21ClO2. The Kier molecular flexibility index (Phi) is 5.03. The molecule has 0 aromatic heterocycles. The Morgan fingerprint density at radius 1 is 1.56 bits per heavy atom. The van der Waals surface area contributed by atoms with Gasteiger partial charge in [-0.25, -0.2) is 0 Å². The monoisotopic (exact) mass is 244 g/mol. The molecule has 0 N–H and O–H groups in total. The van der Waals surface area contributed by atoms with Gasteiger partial charge in [0.25, 0.3) is 0 Å². The van der Waals surface area contributed by atoms with Crippen LogP contribution in [0.2, 0.25) is 0 Å². The van der Waals surface area contributed by atoms with Gasteiger partial charge in [-0.2, -0.15) is 0 Å². The van der Waals surface area contributed by atoms with E-state index in [0.29, 0.717) is 5.92 Å². The third-order valence-corrected chi connectivity index (χ3v) is 3.16. The van der Waals surface area contributed by atoms with Gasteiger partial charge in [0.05, 0.1) is 12.7 Å². The van der Waals surface area contributed by atoms with Crippen LogP contribution in [-0.4, -0.2) is 18.5 Å². The summed E-state index contributed by atoms with van der Waals surface area (Å²) in [7, 11) is 0. The Morgan fingerprint density at radius 3 is 2.81 bits per heavy atom. The molecule has 3 heteroatoms. The van der Waals surface area contributed by atoms with E-state index in [4.69, 9.17) is 21.1 Å². The fourth-order valence-electron chi connectivity index (χ4n) is 1.91. The highest BCUT2D eigenvalue weighted by atomic mass is 35.5. The van der Waals surface area contributed by atoms with Crippen LogP contribution in [-0.2, 0) is 9.47 Å². The maximum atomic E-state index is 5.94. The van der Waals surface area contributed by atoms with Crippen LogP contribution in [0.5, 0.6) is 0 Å².